The maximum absolute atomic E-state index is 12.6. The largest absolute Gasteiger partial charge is 0.345 e. The van der Waals surface area contributed by atoms with Crippen LogP contribution in [0.25, 0.3) is 0 Å². The highest BCUT2D eigenvalue weighted by Crippen LogP contribution is 2.33. The average Bonchev–Trinajstić information content (AvgIpc) is 3.10. The monoisotopic (exact) mass is 349 g/mol. The summed E-state index contributed by atoms with van der Waals surface area (Å²) in [6.45, 7) is 5.39. The van der Waals surface area contributed by atoms with Crippen molar-refractivity contribution in [1.82, 2.24) is 14.8 Å². The highest BCUT2D eigenvalue weighted by Gasteiger charge is 2.36. The number of aromatic nitrogens is 1. The Balaban J connectivity index is 1.60. The van der Waals surface area contributed by atoms with Crippen molar-refractivity contribution < 1.29 is 14.4 Å². The lowest BCUT2D eigenvalue weighted by molar-refractivity contribution is -0.136. The molecular formula is C17H23N3O3S. The number of amides is 2. The molecule has 1 atom stereocenters. The number of carbonyl (C=O) groups is 3. The van der Waals surface area contributed by atoms with E-state index in [9.17, 15) is 14.4 Å². The van der Waals surface area contributed by atoms with E-state index in [-0.39, 0.29) is 23.5 Å². The number of hydrogen-bond acceptors (Lipinski definition) is 5. The molecule has 1 aromatic heterocycles. The van der Waals surface area contributed by atoms with Crippen LogP contribution >= 0.6 is 11.3 Å². The fourth-order valence-electron chi connectivity index (χ4n) is 3.55. The summed E-state index contributed by atoms with van der Waals surface area (Å²) < 4.78 is 0. The van der Waals surface area contributed by atoms with Crippen molar-refractivity contribution in [1.29, 1.82) is 0 Å². The summed E-state index contributed by atoms with van der Waals surface area (Å²) in [6.07, 6.45) is 2.07. The van der Waals surface area contributed by atoms with Crippen molar-refractivity contribution in [2.24, 2.45) is 5.92 Å². The number of rotatable bonds is 3. The van der Waals surface area contributed by atoms with E-state index in [1.54, 1.807) is 18.9 Å². The van der Waals surface area contributed by atoms with Gasteiger partial charge in [-0.25, -0.2) is 4.98 Å². The Kier molecular flexibility index (Phi) is 4.71. The Morgan fingerprint density at radius 1 is 1.25 bits per heavy atom. The SMILES string of the molecule is CC(=O)c1sc(C2CCN(C(=O)[C@H]3CC(=O)N(C)C3)CC2)nc1C. The van der Waals surface area contributed by atoms with E-state index in [0.29, 0.717) is 32.0 Å². The van der Waals surface area contributed by atoms with Gasteiger partial charge in [0.2, 0.25) is 11.8 Å². The van der Waals surface area contributed by atoms with Crippen LogP contribution < -0.4 is 0 Å². The Labute approximate surface area is 145 Å². The van der Waals surface area contributed by atoms with E-state index < -0.39 is 0 Å². The number of thiazole rings is 1. The predicted octanol–water partition coefficient (Wildman–Crippen LogP) is 1.84. The minimum Gasteiger partial charge on any atom is -0.345 e. The Morgan fingerprint density at radius 3 is 2.42 bits per heavy atom. The minimum atomic E-state index is -0.189. The predicted molar refractivity (Wildman–Crippen MR) is 91.2 cm³/mol. The van der Waals surface area contributed by atoms with Crippen LogP contribution in [-0.4, -0.2) is 59.1 Å². The lowest BCUT2D eigenvalue weighted by atomic mass is 9.96. The summed E-state index contributed by atoms with van der Waals surface area (Å²) in [4.78, 5) is 44.6. The zero-order chi connectivity index (χ0) is 17.4. The summed E-state index contributed by atoms with van der Waals surface area (Å²) in [5.74, 6) is 0.354. The molecule has 0 bridgehead atoms. The molecule has 2 aliphatic heterocycles. The number of hydrogen-bond donors (Lipinski definition) is 0. The third kappa shape index (κ3) is 3.22. The molecule has 0 unspecified atom stereocenters. The first kappa shape index (κ1) is 17.1. The summed E-state index contributed by atoms with van der Waals surface area (Å²) in [7, 11) is 1.75. The zero-order valence-electron chi connectivity index (χ0n) is 14.4. The third-order valence-electron chi connectivity index (χ3n) is 4.98. The van der Waals surface area contributed by atoms with Gasteiger partial charge in [0.1, 0.15) is 0 Å². The second kappa shape index (κ2) is 6.63. The van der Waals surface area contributed by atoms with E-state index in [2.05, 4.69) is 4.98 Å². The molecule has 0 saturated carbocycles. The van der Waals surface area contributed by atoms with E-state index >= 15 is 0 Å². The smallest absolute Gasteiger partial charge is 0.227 e. The van der Waals surface area contributed by atoms with Crippen molar-refractivity contribution >= 4 is 28.9 Å². The summed E-state index contributed by atoms with van der Waals surface area (Å²) in [5.41, 5.74) is 0.813. The molecule has 0 radical (unpaired) electrons. The molecule has 1 aromatic rings. The average molecular weight is 349 g/mol. The van der Waals surface area contributed by atoms with Crippen LogP contribution in [0.5, 0.6) is 0 Å². The molecule has 0 aromatic carbocycles. The molecule has 0 spiro atoms. The molecule has 3 rings (SSSR count). The van der Waals surface area contributed by atoms with E-state index in [1.165, 1.54) is 11.3 Å². The highest BCUT2D eigenvalue weighted by molar-refractivity contribution is 7.13. The van der Waals surface area contributed by atoms with E-state index in [1.807, 2.05) is 11.8 Å². The van der Waals surface area contributed by atoms with Gasteiger partial charge in [-0.3, -0.25) is 14.4 Å². The Morgan fingerprint density at radius 2 is 1.92 bits per heavy atom. The van der Waals surface area contributed by atoms with Gasteiger partial charge in [0, 0.05) is 45.9 Å². The molecule has 3 heterocycles. The molecule has 2 fully saturated rings. The molecule has 2 aliphatic rings. The lowest BCUT2D eigenvalue weighted by Gasteiger charge is -2.32. The number of carbonyl (C=O) groups excluding carboxylic acids is 3. The lowest BCUT2D eigenvalue weighted by Crippen LogP contribution is -2.42. The normalized spacial score (nSPS) is 22.3. The second-order valence-corrected chi connectivity index (χ2v) is 7.83. The summed E-state index contributed by atoms with van der Waals surface area (Å²) >= 11 is 1.49. The van der Waals surface area contributed by atoms with Gasteiger partial charge in [-0.05, 0) is 19.8 Å². The summed E-state index contributed by atoms with van der Waals surface area (Å²) in [6, 6.07) is 0. The highest BCUT2D eigenvalue weighted by atomic mass is 32.1. The maximum Gasteiger partial charge on any atom is 0.227 e. The van der Waals surface area contributed by atoms with Crippen LogP contribution in [-0.2, 0) is 9.59 Å². The molecule has 0 aliphatic carbocycles. The molecule has 7 heteroatoms. The van der Waals surface area contributed by atoms with Crippen LogP contribution in [0.1, 0.15) is 52.5 Å². The van der Waals surface area contributed by atoms with E-state index in [0.717, 1.165) is 28.4 Å². The summed E-state index contributed by atoms with van der Waals surface area (Å²) in [5, 5.41) is 1.01. The van der Waals surface area contributed by atoms with Gasteiger partial charge in [-0.2, -0.15) is 0 Å². The number of Topliss-reactive ketones (excluding diaryl/α,β-unsaturated/α-hetero) is 1. The van der Waals surface area contributed by atoms with Crippen LogP contribution in [0.4, 0.5) is 0 Å². The number of likely N-dealkylation sites (tertiary alicyclic amines) is 2. The Hall–Kier alpha value is -1.76. The van der Waals surface area contributed by atoms with Crippen molar-refractivity contribution in [3.63, 3.8) is 0 Å². The zero-order valence-corrected chi connectivity index (χ0v) is 15.2. The fraction of sp³-hybridized carbons (Fsp3) is 0.647. The maximum atomic E-state index is 12.6. The number of nitrogens with zero attached hydrogens (tertiary/aromatic N) is 3. The van der Waals surface area contributed by atoms with Gasteiger partial charge >= 0.3 is 0 Å². The van der Waals surface area contributed by atoms with E-state index in [4.69, 9.17) is 0 Å². The molecule has 24 heavy (non-hydrogen) atoms. The van der Waals surface area contributed by atoms with Crippen LogP contribution in [0.15, 0.2) is 0 Å². The molecule has 2 amide bonds. The standard InChI is InChI=1S/C17H23N3O3S/c1-10-15(11(2)21)24-16(18-10)12-4-6-20(7-5-12)17(23)13-8-14(22)19(3)9-13/h12-13H,4-9H2,1-3H3/t13-/m0/s1. The second-order valence-electron chi connectivity index (χ2n) is 6.80. The quantitative estimate of drug-likeness (QED) is 0.781. The van der Waals surface area contributed by atoms with Crippen LogP contribution in [0, 0.1) is 12.8 Å². The molecule has 6 nitrogen and oxygen atoms in total. The first-order valence-corrected chi connectivity index (χ1v) is 9.19. The Bertz CT molecular complexity index is 677. The van der Waals surface area contributed by atoms with Crippen LogP contribution in [0.2, 0.25) is 0 Å². The van der Waals surface area contributed by atoms with Gasteiger partial charge in [0.15, 0.2) is 5.78 Å². The van der Waals surface area contributed by atoms with Crippen molar-refractivity contribution in [3.8, 4) is 0 Å². The van der Waals surface area contributed by atoms with Gasteiger partial charge in [0.05, 0.1) is 21.5 Å². The topological polar surface area (TPSA) is 70.6 Å². The third-order valence-corrected chi connectivity index (χ3v) is 6.40. The van der Waals surface area contributed by atoms with Gasteiger partial charge in [0.25, 0.3) is 0 Å². The number of aryl methyl sites for hydroxylation is 1. The molecule has 2 saturated heterocycles. The minimum absolute atomic E-state index is 0.0539. The van der Waals surface area contributed by atoms with Gasteiger partial charge in [-0.1, -0.05) is 0 Å². The van der Waals surface area contributed by atoms with Crippen molar-refractivity contribution in [2.45, 2.75) is 39.0 Å². The molecule has 130 valence electrons. The molecule has 0 N–H and O–H groups in total. The van der Waals surface area contributed by atoms with Gasteiger partial charge in [-0.15, -0.1) is 11.3 Å². The van der Waals surface area contributed by atoms with Crippen molar-refractivity contribution in [2.75, 3.05) is 26.7 Å². The number of ketones is 1. The fourth-order valence-corrected chi connectivity index (χ4v) is 4.68. The van der Waals surface area contributed by atoms with Crippen molar-refractivity contribution in [3.05, 3.63) is 15.6 Å². The van der Waals surface area contributed by atoms with Crippen LogP contribution in [0.3, 0.4) is 0 Å². The number of piperidine rings is 1. The first-order chi connectivity index (χ1) is 11.4. The molecular weight excluding hydrogens is 326 g/mol. The van der Waals surface area contributed by atoms with Gasteiger partial charge < -0.3 is 9.80 Å². The first-order valence-electron chi connectivity index (χ1n) is 8.37.